The van der Waals surface area contributed by atoms with Crippen LogP contribution in [0.15, 0.2) is 60.8 Å². The van der Waals surface area contributed by atoms with Crippen LogP contribution in [0.1, 0.15) is 11.1 Å². The van der Waals surface area contributed by atoms with Gasteiger partial charge in [0.2, 0.25) is 0 Å². The van der Waals surface area contributed by atoms with Gasteiger partial charge in [-0.05, 0) is 23.8 Å². The average molecular weight is 277 g/mol. The molecule has 0 fully saturated rings. The molecule has 3 N–H and O–H groups in total. The fourth-order valence-corrected chi connectivity index (χ4v) is 2.18. The molecule has 1 heterocycles. The van der Waals surface area contributed by atoms with Gasteiger partial charge in [0.1, 0.15) is 23.7 Å². The van der Waals surface area contributed by atoms with Gasteiger partial charge in [0.15, 0.2) is 0 Å². The summed E-state index contributed by atoms with van der Waals surface area (Å²) in [6, 6.07) is 17.3. The summed E-state index contributed by atoms with van der Waals surface area (Å²) in [7, 11) is 0. The number of amidine groups is 1. The van der Waals surface area contributed by atoms with Gasteiger partial charge >= 0.3 is 0 Å². The van der Waals surface area contributed by atoms with Crippen molar-refractivity contribution in [3.63, 3.8) is 0 Å². The molecule has 4 nitrogen and oxygen atoms in total. The third-order valence-electron chi connectivity index (χ3n) is 3.23. The fraction of sp³-hybridized carbons (Fsp3) is 0.0588. The Morgan fingerprint density at radius 3 is 2.76 bits per heavy atom. The Morgan fingerprint density at radius 2 is 1.90 bits per heavy atom. The third kappa shape index (κ3) is 2.84. The van der Waals surface area contributed by atoms with Gasteiger partial charge < -0.3 is 10.5 Å². The van der Waals surface area contributed by atoms with E-state index in [0.717, 1.165) is 22.2 Å². The zero-order valence-corrected chi connectivity index (χ0v) is 11.4. The number of fused-ring (bicyclic) bond motifs is 1. The monoisotopic (exact) mass is 277 g/mol. The largest absolute Gasteiger partial charge is 0.487 e. The van der Waals surface area contributed by atoms with Crippen molar-refractivity contribution in [3.8, 4) is 5.75 Å². The molecule has 0 unspecified atom stereocenters. The molecule has 4 heteroatoms. The van der Waals surface area contributed by atoms with Crippen LogP contribution in [0.2, 0.25) is 0 Å². The first-order valence-electron chi connectivity index (χ1n) is 6.64. The van der Waals surface area contributed by atoms with Crippen molar-refractivity contribution < 1.29 is 4.74 Å². The van der Waals surface area contributed by atoms with E-state index in [0.29, 0.717) is 12.2 Å². The topological polar surface area (TPSA) is 72.0 Å². The maximum absolute atomic E-state index is 7.46. The molecular weight excluding hydrogens is 262 g/mol. The molecule has 0 atom stereocenters. The quantitative estimate of drug-likeness (QED) is 0.568. The normalized spacial score (nSPS) is 10.5. The third-order valence-corrected chi connectivity index (χ3v) is 3.23. The van der Waals surface area contributed by atoms with Crippen molar-refractivity contribution in [2.45, 2.75) is 6.61 Å². The van der Waals surface area contributed by atoms with Gasteiger partial charge in [-0.1, -0.05) is 36.4 Å². The van der Waals surface area contributed by atoms with Gasteiger partial charge in [-0.15, -0.1) is 0 Å². The van der Waals surface area contributed by atoms with Gasteiger partial charge in [0.05, 0.1) is 0 Å². The zero-order chi connectivity index (χ0) is 14.7. The average Bonchev–Trinajstić information content (AvgIpc) is 2.53. The summed E-state index contributed by atoms with van der Waals surface area (Å²) in [4.78, 5) is 4.36. The summed E-state index contributed by atoms with van der Waals surface area (Å²) in [5, 5.41) is 8.51. The highest BCUT2D eigenvalue weighted by atomic mass is 16.5. The molecule has 0 aliphatic heterocycles. The van der Waals surface area contributed by atoms with Crippen LogP contribution >= 0.6 is 0 Å². The minimum Gasteiger partial charge on any atom is -0.487 e. The maximum atomic E-state index is 7.46. The Labute approximate surface area is 122 Å². The van der Waals surface area contributed by atoms with Crippen molar-refractivity contribution in [2.24, 2.45) is 5.73 Å². The molecule has 21 heavy (non-hydrogen) atoms. The van der Waals surface area contributed by atoms with Crippen molar-refractivity contribution >= 4 is 16.7 Å². The number of rotatable bonds is 4. The summed E-state index contributed by atoms with van der Waals surface area (Å²) in [6.45, 7) is 0.413. The van der Waals surface area contributed by atoms with Gasteiger partial charge in [-0.25, -0.2) is 0 Å². The second kappa shape index (κ2) is 5.63. The summed E-state index contributed by atoms with van der Waals surface area (Å²) < 4.78 is 5.87. The molecule has 0 aliphatic carbocycles. The molecule has 3 aromatic rings. The molecule has 104 valence electrons. The number of hydrogen-bond donors (Lipinski definition) is 2. The summed E-state index contributed by atoms with van der Waals surface area (Å²) in [6.07, 6.45) is 1.76. The van der Waals surface area contributed by atoms with Gasteiger partial charge in [0, 0.05) is 17.1 Å². The first-order valence-corrected chi connectivity index (χ1v) is 6.64. The van der Waals surface area contributed by atoms with Gasteiger partial charge in [-0.3, -0.25) is 10.4 Å². The van der Waals surface area contributed by atoms with Crippen LogP contribution in [0.3, 0.4) is 0 Å². The van der Waals surface area contributed by atoms with E-state index in [9.17, 15) is 0 Å². The van der Waals surface area contributed by atoms with E-state index in [1.807, 2.05) is 54.6 Å². The molecule has 3 rings (SSSR count). The van der Waals surface area contributed by atoms with E-state index in [1.54, 1.807) is 6.20 Å². The molecule has 0 saturated carbocycles. The molecule has 2 aromatic carbocycles. The number of ether oxygens (including phenoxy) is 1. The van der Waals surface area contributed by atoms with Crippen LogP contribution in [0.25, 0.3) is 10.9 Å². The van der Waals surface area contributed by atoms with Crippen molar-refractivity contribution in [2.75, 3.05) is 0 Å². The first kappa shape index (κ1) is 13.1. The number of benzene rings is 2. The second-order valence-electron chi connectivity index (χ2n) is 4.73. The van der Waals surface area contributed by atoms with Crippen molar-refractivity contribution in [3.05, 3.63) is 71.9 Å². The molecule has 0 aliphatic rings. The number of hydrogen-bond acceptors (Lipinski definition) is 3. The lowest BCUT2D eigenvalue weighted by Crippen LogP contribution is -2.11. The Morgan fingerprint density at radius 1 is 1.10 bits per heavy atom. The molecule has 0 spiro atoms. The number of para-hydroxylation sites is 1. The number of nitrogens with one attached hydrogen (secondary N) is 1. The molecule has 0 radical (unpaired) electrons. The van der Waals surface area contributed by atoms with Gasteiger partial charge in [-0.2, -0.15) is 0 Å². The first-order chi connectivity index (χ1) is 10.2. The Kier molecular flexibility index (Phi) is 3.51. The SMILES string of the molecule is N=C(N)c1cccc(COc2cccc3cccnc23)c1. The molecule has 1 aromatic heterocycles. The minimum atomic E-state index is 0.0590. The van der Waals surface area contributed by atoms with E-state index in [2.05, 4.69) is 4.98 Å². The molecule has 0 saturated heterocycles. The lowest BCUT2D eigenvalue weighted by atomic mass is 10.1. The lowest BCUT2D eigenvalue weighted by molar-refractivity contribution is 0.309. The number of nitrogens with zero attached hydrogens (tertiary/aromatic N) is 1. The summed E-state index contributed by atoms with van der Waals surface area (Å²) in [5.41, 5.74) is 8.02. The Bertz CT molecular complexity index is 793. The number of nitrogens with two attached hydrogens (primary N) is 1. The van der Waals surface area contributed by atoms with Gasteiger partial charge in [0.25, 0.3) is 0 Å². The number of nitrogen functional groups attached to an aromatic ring is 1. The number of pyridine rings is 1. The number of aromatic nitrogens is 1. The summed E-state index contributed by atoms with van der Waals surface area (Å²) >= 11 is 0. The van der Waals surface area contributed by atoms with E-state index in [-0.39, 0.29) is 5.84 Å². The standard InChI is InChI=1S/C17H15N3O/c18-17(19)14-6-1-4-12(10-14)11-21-15-8-2-5-13-7-3-9-20-16(13)15/h1-10H,11H2,(H3,18,19). The van der Waals surface area contributed by atoms with Crippen LogP contribution in [-0.2, 0) is 6.61 Å². The smallest absolute Gasteiger partial charge is 0.146 e. The highest BCUT2D eigenvalue weighted by Crippen LogP contribution is 2.23. The lowest BCUT2D eigenvalue weighted by Gasteiger charge is -2.09. The Hall–Kier alpha value is -2.88. The maximum Gasteiger partial charge on any atom is 0.146 e. The predicted molar refractivity (Wildman–Crippen MR) is 83.5 cm³/mol. The fourth-order valence-electron chi connectivity index (χ4n) is 2.18. The zero-order valence-electron chi connectivity index (χ0n) is 11.4. The molecule has 0 bridgehead atoms. The van der Waals surface area contributed by atoms with E-state index >= 15 is 0 Å². The molecule has 0 amide bonds. The van der Waals surface area contributed by atoms with E-state index < -0.39 is 0 Å². The second-order valence-corrected chi connectivity index (χ2v) is 4.73. The van der Waals surface area contributed by atoms with Crippen LogP contribution < -0.4 is 10.5 Å². The minimum absolute atomic E-state index is 0.0590. The highest BCUT2D eigenvalue weighted by Gasteiger charge is 2.04. The van der Waals surface area contributed by atoms with Crippen LogP contribution in [0, 0.1) is 5.41 Å². The summed E-state index contributed by atoms with van der Waals surface area (Å²) in [5.74, 6) is 0.810. The predicted octanol–water partition coefficient (Wildman–Crippen LogP) is 3.10. The van der Waals surface area contributed by atoms with E-state index in [4.69, 9.17) is 15.9 Å². The van der Waals surface area contributed by atoms with Crippen molar-refractivity contribution in [1.82, 2.24) is 4.98 Å². The molecular formula is C17H15N3O. The van der Waals surface area contributed by atoms with Crippen LogP contribution in [0.4, 0.5) is 0 Å². The van der Waals surface area contributed by atoms with Crippen LogP contribution in [-0.4, -0.2) is 10.8 Å². The van der Waals surface area contributed by atoms with Crippen molar-refractivity contribution in [1.29, 1.82) is 5.41 Å². The highest BCUT2D eigenvalue weighted by molar-refractivity contribution is 5.95. The van der Waals surface area contributed by atoms with Crippen LogP contribution in [0.5, 0.6) is 5.75 Å². The Balaban J connectivity index is 1.84. The van der Waals surface area contributed by atoms with E-state index in [1.165, 1.54) is 0 Å².